The van der Waals surface area contributed by atoms with Crippen LogP contribution in [-0.4, -0.2) is 10.9 Å². The molecule has 1 aromatic heterocycles. The van der Waals surface area contributed by atoms with Crippen molar-refractivity contribution in [1.29, 1.82) is 0 Å². The summed E-state index contributed by atoms with van der Waals surface area (Å²) in [4.78, 5) is 16.0. The average molecular weight is 319 g/mol. The largest absolute Gasteiger partial charge is 0.310 e. The third-order valence-corrected chi connectivity index (χ3v) is 3.40. The monoisotopic (exact) mass is 318 g/mol. The van der Waals surface area contributed by atoms with E-state index in [1.807, 2.05) is 31.2 Å². The second-order valence-corrected chi connectivity index (χ2v) is 5.42. The van der Waals surface area contributed by atoms with Crippen LogP contribution in [0.15, 0.2) is 41.0 Å². The van der Waals surface area contributed by atoms with Crippen molar-refractivity contribution in [2.45, 2.75) is 20.3 Å². The minimum atomic E-state index is -0.0573. The number of nitrogens with zero attached hydrogens (tertiary/aromatic N) is 1. The number of amides is 1. The highest BCUT2D eigenvalue weighted by atomic mass is 79.9. The first-order valence-corrected chi connectivity index (χ1v) is 6.81. The summed E-state index contributed by atoms with van der Waals surface area (Å²) in [5.74, 6) is 0.509. The predicted molar refractivity (Wildman–Crippen MR) is 80.2 cm³/mol. The molecule has 98 valence electrons. The van der Waals surface area contributed by atoms with Crippen molar-refractivity contribution < 1.29 is 4.79 Å². The van der Waals surface area contributed by atoms with E-state index in [0.717, 1.165) is 10.0 Å². The van der Waals surface area contributed by atoms with Crippen molar-refractivity contribution in [2.24, 2.45) is 0 Å². The van der Waals surface area contributed by atoms with Gasteiger partial charge in [0.2, 0.25) is 5.91 Å². The molecule has 0 atom stereocenters. The lowest BCUT2D eigenvalue weighted by atomic mass is 10.0. The van der Waals surface area contributed by atoms with Crippen molar-refractivity contribution >= 4 is 27.7 Å². The maximum absolute atomic E-state index is 11.9. The van der Waals surface area contributed by atoms with Gasteiger partial charge in [0.1, 0.15) is 5.82 Å². The maximum Gasteiger partial charge on any atom is 0.229 e. The molecule has 0 radical (unpaired) electrons. The molecular weight excluding hydrogens is 304 g/mol. The summed E-state index contributed by atoms with van der Waals surface area (Å²) in [5, 5.41) is 2.78. The molecule has 0 aliphatic heterocycles. The summed E-state index contributed by atoms with van der Waals surface area (Å²) in [6.45, 7) is 4.11. The third kappa shape index (κ3) is 3.89. The number of hydrogen-bond donors (Lipinski definition) is 1. The Bertz CT molecular complexity index is 594. The second-order valence-electron chi connectivity index (χ2n) is 4.51. The van der Waals surface area contributed by atoms with Gasteiger partial charge in [0.15, 0.2) is 0 Å². The highest BCUT2D eigenvalue weighted by molar-refractivity contribution is 9.10. The number of carbonyl (C=O) groups excluding carboxylic acids is 1. The molecular formula is C15H15BrN2O. The normalized spacial score (nSPS) is 10.3. The standard InChI is InChI=1S/C15H15BrN2O/c1-10-3-4-12(7-11(10)2)8-15(19)18-14-6-5-13(16)9-17-14/h3-7,9H,8H2,1-2H3,(H,17,18,19). The van der Waals surface area contributed by atoms with Crippen LogP contribution in [0.2, 0.25) is 0 Å². The highest BCUT2D eigenvalue weighted by Crippen LogP contribution is 2.13. The van der Waals surface area contributed by atoms with Crippen LogP contribution < -0.4 is 5.32 Å². The lowest BCUT2D eigenvalue weighted by Gasteiger charge is -2.06. The van der Waals surface area contributed by atoms with E-state index in [-0.39, 0.29) is 5.91 Å². The number of hydrogen-bond acceptors (Lipinski definition) is 2. The fraction of sp³-hybridized carbons (Fsp3) is 0.200. The van der Waals surface area contributed by atoms with Crippen molar-refractivity contribution in [1.82, 2.24) is 4.98 Å². The maximum atomic E-state index is 11.9. The molecule has 0 saturated carbocycles. The number of anilines is 1. The lowest BCUT2D eigenvalue weighted by Crippen LogP contribution is -2.15. The van der Waals surface area contributed by atoms with Gasteiger partial charge in [-0.3, -0.25) is 4.79 Å². The quantitative estimate of drug-likeness (QED) is 0.938. The molecule has 0 aliphatic carbocycles. The number of pyridine rings is 1. The van der Waals surface area contributed by atoms with E-state index in [1.165, 1.54) is 11.1 Å². The molecule has 0 bridgehead atoms. The van der Waals surface area contributed by atoms with Crippen LogP contribution in [0.25, 0.3) is 0 Å². The molecule has 3 nitrogen and oxygen atoms in total. The van der Waals surface area contributed by atoms with E-state index in [2.05, 4.69) is 33.2 Å². The summed E-state index contributed by atoms with van der Waals surface area (Å²) in [7, 11) is 0. The van der Waals surface area contributed by atoms with Crippen LogP contribution in [0, 0.1) is 13.8 Å². The minimum Gasteiger partial charge on any atom is -0.310 e. The van der Waals surface area contributed by atoms with Crippen LogP contribution in [0.3, 0.4) is 0 Å². The summed E-state index contributed by atoms with van der Waals surface area (Å²) < 4.78 is 0.889. The SMILES string of the molecule is Cc1ccc(CC(=O)Nc2ccc(Br)cn2)cc1C. The van der Waals surface area contributed by atoms with Crippen molar-refractivity contribution in [3.63, 3.8) is 0 Å². The third-order valence-electron chi connectivity index (χ3n) is 2.93. The van der Waals surface area contributed by atoms with Gasteiger partial charge in [0.25, 0.3) is 0 Å². The van der Waals surface area contributed by atoms with Gasteiger partial charge in [0.05, 0.1) is 6.42 Å². The molecule has 0 saturated heterocycles. The molecule has 2 rings (SSSR count). The Morgan fingerprint density at radius 2 is 2.00 bits per heavy atom. The van der Waals surface area contributed by atoms with Crippen LogP contribution >= 0.6 is 15.9 Å². The zero-order valence-electron chi connectivity index (χ0n) is 10.9. The van der Waals surface area contributed by atoms with Crippen molar-refractivity contribution in [3.8, 4) is 0 Å². The molecule has 0 aliphatic rings. The van der Waals surface area contributed by atoms with E-state index >= 15 is 0 Å². The van der Waals surface area contributed by atoms with Gasteiger partial charge >= 0.3 is 0 Å². The topological polar surface area (TPSA) is 42.0 Å². The zero-order chi connectivity index (χ0) is 13.8. The molecule has 1 N–H and O–H groups in total. The molecule has 19 heavy (non-hydrogen) atoms. The van der Waals surface area contributed by atoms with Crippen molar-refractivity contribution in [3.05, 3.63) is 57.7 Å². The molecule has 2 aromatic rings. The van der Waals surface area contributed by atoms with Gasteiger partial charge in [-0.15, -0.1) is 0 Å². The molecule has 1 amide bonds. The molecule has 4 heteroatoms. The first-order valence-electron chi connectivity index (χ1n) is 6.02. The number of nitrogens with one attached hydrogen (secondary N) is 1. The van der Waals surface area contributed by atoms with E-state index in [9.17, 15) is 4.79 Å². The minimum absolute atomic E-state index is 0.0573. The van der Waals surface area contributed by atoms with Crippen LogP contribution in [0.4, 0.5) is 5.82 Å². The Morgan fingerprint density at radius 1 is 1.21 bits per heavy atom. The van der Waals surface area contributed by atoms with Gasteiger partial charge in [-0.1, -0.05) is 18.2 Å². The van der Waals surface area contributed by atoms with Crippen LogP contribution in [-0.2, 0) is 11.2 Å². The van der Waals surface area contributed by atoms with E-state index in [4.69, 9.17) is 0 Å². The number of carbonyl (C=O) groups is 1. The summed E-state index contributed by atoms with van der Waals surface area (Å²) in [6, 6.07) is 9.68. The van der Waals surface area contributed by atoms with E-state index < -0.39 is 0 Å². The van der Waals surface area contributed by atoms with Gasteiger partial charge in [0, 0.05) is 10.7 Å². The molecule has 0 spiro atoms. The van der Waals surface area contributed by atoms with Gasteiger partial charge in [-0.05, 0) is 58.6 Å². The summed E-state index contributed by atoms with van der Waals surface area (Å²) in [6.07, 6.45) is 2.02. The molecule has 1 heterocycles. The second kappa shape index (κ2) is 5.97. The number of halogens is 1. The number of rotatable bonds is 3. The van der Waals surface area contributed by atoms with Gasteiger partial charge in [-0.25, -0.2) is 4.98 Å². The molecule has 1 aromatic carbocycles. The Balaban J connectivity index is 2.01. The van der Waals surface area contributed by atoms with E-state index in [1.54, 1.807) is 12.3 Å². The summed E-state index contributed by atoms with van der Waals surface area (Å²) in [5.41, 5.74) is 3.45. The van der Waals surface area contributed by atoms with Crippen LogP contribution in [0.1, 0.15) is 16.7 Å². The number of benzene rings is 1. The van der Waals surface area contributed by atoms with Gasteiger partial charge < -0.3 is 5.32 Å². The van der Waals surface area contributed by atoms with E-state index in [0.29, 0.717) is 12.2 Å². The smallest absolute Gasteiger partial charge is 0.229 e. The number of aromatic nitrogens is 1. The summed E-state index contributed by atoms with van der Waals surface area (Å²) >= 11 is 3.30. The fourth-order valence-corrected chi connectivity index (χ4v) is 1.97. The Labute approximate surface area is 121 Å². The first kappa shape index (κ1) is 13.7. The Morgan fingerprint density at radius 3 is 2.63 bits per heavy atom. The van der Waals surface area contributed by atoms with Crippen molar-refractivity contribution in [2.75, 3.05) is 5.32 Å². The average Bonchev–Trinajstić information content (AvgIpc) is 2.37. The van der Waals surface area contributed by atoms with Crippen LogP contribution in [0.5, 0.6) is 0 Å². The zero-order valence-corrected chi connectivity index (χ0v) is 12.5. The number of aryl methyl sites for hydroxylation is 2. The highest BCUT2D eigenvalue weighted by Gasteiger charge is 2.05. The Kier molecular flexibility index (Phi) is 4.32. The first-order chi connectivity index (χ1) is 9.04. The lowest BCUT2D eigenvalue weighted by molar-refractivity contribution is -0.115. The predicted octanol–water partition coefficient (Wildman–Crippen LogP) is 3.64. The van der Waals surface area contributed by atoms with Gasteiger partial charge in [-0.2, -0.15) is 0 Å². The molecule has 0 fully saturated rings. The molecule has 0 unspecified atom stereocenters. The Hall–Kier alpha value is -1.68. The fourth-order valence-electron chi connectivity index (χ4n) is 1.74.